The molecular weight excluding hydrogens is 310 g/mol. The van der Waals surface area contributed by atoms with Crippen LogP contribution in [0.1, 0.15) is 31.9 Å². The molecule has 0 aliphatic rings. The fourth-order valence-corrected chi connectivity index (χ4v) is 2.64. The highest BCUT2D eigenvalue weighted by molar-refractivity contribution is 7.89. The molecule has 0 saturated carbocycles. The van der Waals surface area contributed by atoms with Crippen LogP contribution in [0.5, 0.6) is 0 Å². The van der Waals surface area contributed by atoms with Gasteiger partial charge in [0.05, 0.1) is 5.69 Å². The Bertz CT molecular complexity index is 544. The van der Waals surface area contributed by atoms with Crippen LogP contribution >= 0.6 is 12.2 Å². The van der Waals surface area contributed by atoms with E-state index in [9.17, 15) is 8.42 Å². The number of ether oxygens (including phenoxy) is 1. The fraction of sp³-hybridized carbons (Fsp3) is 0.538. The van der Waals surface area contributed by atoms with E-state index in [2.05, 4.69) is 16.6 Å². The molecule has 0 aliphatic carbocycles. The highest BCUT2D eigenvalue weighted by Gasteiger charge is 2.13. The zero-order chi connectivity index (χ0) is 15.7. The number of nitrogens with one attached hydrogen (secondary N) is 1. The van der Waals surface area contributed by atoms with Crippen LogP contribution in [0.4, 0.5) is 0 Å². The summed E-state index contributed by atoms with van der Waals surface area (Å²) in [5.41, 5.74) is 5.81. The van der Waals surface area contributed by atoms with Crippen molar-refractivity contribution in [2.24, 2.45) is 5.73 Å². The molecule has 0 saturated heterocycles. The van der Waals surface area contributed by atoms with Crippen molar-refractivity contribution in [1.29, 1.82) is 0 Å². The van der Waals surface area contributed by atoms with Crippen molar-refractivity contribution < 1.29 is 13.2 Å². The molecule has 6 nitrogen and oxygen atoms in total. The first-order valence-corrected chi connectivity index (χ1v) is 8.69. The first-order valence-electron chi connectivity index (χ1n) is 6.80. The molecule has 0 aliphatic heterocycles. The summed E-state index contributed by atoms with van der Waals surface area (Å²) < 4.78 is 31.8. The maximum Gasteiger partial charge on any atom is 0.242 e. The van der Waals surface area contributed by atoms with Crippen molar-refractivity contribution in [3.05, 3.63) is 24.0 Å². The normalized spacial score (nSPS) is 11.5. The Hall–Kier alpha value is -1.09. The summed E-state index contributed by atoms with van der Waals surface area (Å²) >= 11 is 4.76. The predicted molar refractivity (Wildman–Crippen MR) is 85.7 cm³/mol. The summed E-state index contributed by atoms with van der Waals surface area (Å²) in [6.07, 6.45) is 3.98. The van der Waals surface area contributed by atoms with Gasteiger partial charge in [-0.3, -0.25) is 4.98 Å². The number of pyridine rings is 1. The monoisotopic (exact) mass is 331 g/mol. The van der Waals surface area contributed by atoms with Crippen molar-refractivity contribution in [2.45, 2.75) is 31.1 Å². The predicted octanol–water partition coefficient (Wildman–Crippen LogP) is 1.20. The van der Waals surface area contributed by atoms with E-state index in [1.807, 2.05) is 0 Å². The standard InChI is InChI=1S/C13H21N3O3S2/c1-2-3-8-19-9-4-7-16-21(17,18)11-5-6-12(13(14)20)15-10-11/h5-6,10,16H,2-4,7-9H2,1H3,(H2,14,20). The first-order chi connectivity index (χ1) is 9.97. The second-order valence-electron chi connectivity index (χ2n) is 4.46. The molecule has 1 aromatic rings. The molecule has 0 radical (unpaired) electrons. The van der Waals surface area contributed by atoms with E-state index in [1.165, 1.54) is 18.3 Å². The number of sulfonamides is 1. The second kappa shape index (κ2) is 9.04. The largest absolute Gasteiger partial charge is 0.388 e. The lowest BCUT2D eigenvalue weighted by Crippen LogP contribution is -2.26. The average Bonchev–Trinajstić information content (AvgIpc) is 2.46. The topological polar surface area (TPSA) is 94.3 Å². The van der Waals surface area contributed by atoms with Crippen molar-refractivity contribution in [3.63, 3.8) is 0 Å². The number of hydrogen-bond acceptors (Lipinski definition) is 5. The third kappa shape index (κ3) is 6.47. The summed E-state index contributed by atoms with van der Waals surface area (Å²) in [6.45, 7) is 3.68. The van der Waals surface area contributed by atoms with E-state index in [4.69, 9.17) is 22.7 Å². The summed E-state index contributed by atoms with van der Waals surface area (Å²) in [7, 11) is -3.55. The van der Waals surface area contributed by atoms with Crippen molar-refractivity contribution in [2.75, 3.05) is 19.8 Å². The summed E-state index contributed by atoms with van der Waals surface area (Å²) in [4.78, 5) is 4.14. The zero-order valence-electron chi connectivity index (χ0n) is 12.0. The van der Waals surface area contributed by atoms with Crippen LogP contribution < -0.4 is 10.5 Å². The minimum Gasteiger partial charge on any atom is -0.388 e. The molecule has 1 heterocycles. The minimum absolute atomic E-state index is 0.0920. The number of rotatable bonds is 10. The minimum atomic E-state index is -3.55. The molecule has 0 aromatic carbocycles. The fourth-order valence-electron chi connectivity index (χ4n) is 1.50. The molecule has 0 bridgehead atoms. The van der Waals surface area contributed by atoms with Crippen LogP contribution in [-0.4, -0.2) is 38.1 Å². The number of hydrogen-bond donors (Lipinski definition) is 2. The van der Waals surface area contributed by atoms with Gasteiger partial charge in [-0.15, -0.1) is 0 Å². The van der Waals surface area contributed by atoms with Crippen LogP contribution in [0.2, 0.25) is 0 Å². The van der Waals surface area contributed by atoms with Gasteiger partial charge < -0.3 is 10.5 Å². The Kier molecular flexibility index (Phi) is 7.73. The van der Waals surface area contributed by atoms with Gasteiger partial charge in [-0.2, -0.15) is 0 Å². The lowest BCUT2D eigenvalue weighted by atomic mass is 10.3. The molecule has 0 amide bonds. The smallest absolute Gasteiger partial charge is 0.242 e. The van der Waals surface area contributed by atoms with Gasteiger partial charge in [0, 0.05) is 26.0 Å². The Morgan fingerprint density at radius 3 is 2.67 bits per heavy atom. The van der Waals surface area contributed by atoms with Gasteiger partial charge in [0.1, 0.15) is 9.88 Å². The van der Waals surface area contributed by atoms with Gasteiger partial charge in [-0.1, -0.05) is 25.6 Å². The lowest BCUT2D eigenvalue weighted by Gasteiger charge is -2.07. The van der Waals surface area contributed by atoms with Crippen LogP contribution in [0.15, 0.2) is 23.2 Å². The number of nitrogens with zero attached hydrogens (tertiary/aromatic N) is 1. The Labute approximate surface area is 131 Å². The first kappa shape index (κ1) is 18.0. The molecule has 0 fully saturated rings. The van der Waals surface area contributed by atoms with E-state index < -0.39 is 10.0 Å². The van der Waals surface area contributed by atoms with E-state index in [1.54, 1.807) is 0 Å². The molecule has 3 N–H and O–H groups in total. The highest BCUT2D eigenvalue weighted by Crippen LogP contribution is 2.07. The quantitative estimate of drug-likeness (QED) is 0.494. The molecule has 21 heavy (non-hydrogen) atoms. The van der Waals surface area contributed by atoms with Gasteiger partial charge in [-0.25, -0.2) is 13.1 Å². The number of aromatic nitrogens is 1. The third-order valence-corrected chi connectivity index (χ3v) is 4.35. The van der Waals surface area contributed by atoms with Crippen LogP contribution in [0.3, 0.4) is 0 Å². The number of nitrogens with two attached hydrogens (primary N) is 1. The maximum atomic E-state index is 12.0. The second-order valence-corrected chi connectivity index (χ2v) is 6.67. The Morgan fingerprint density at radius 1 is 1.38 bits per heavy atom. The van der Waals surface area contributed by atoms with Gasteiger partial charge >= 0.3 is 0 Å². The van der Waals surface area contributed by atoms with Gasteiger partial charge in [0.25, 0.3) is 0 Å². The van der Waals surface area contributed by atoms with E-state index in [0.717, 1.165) is 12.8 Å². The molecule has 0 spiro atoms. The molecular formula is C13H21N3O3S2. The maximum absolute atomic E-state index is 12.0. The summed E-state index contributed by atoms with van der Waals surface area (Å²) in [5, 5.41) is 0. The number of unbranched alkanes of at least 4 members (excludes halogenated alkanes) is 1. The Morgan fingerprint density at radius 2 is 2.10 bits per heavy atom. The molecule has 8 heteroatoms. The lowest BCUT2D eigenvalue weighted by molar-refractivity contribution is 0.130. The van der Waals surface area contributed by atoms with Gasteiger partial charge in [0.15, 0.2) is 0 Å². The van der Waals surface area contributed by atoms with E-state index >= 15 is 0 Å². The SMILES string of the molecule is CCCCOCCCNS(=O)(=O)c1ccc(C(N)=S)nc1. The van der Waals surface area contributed by atoms with Crippen LogP contribution in [0, 0.1) is 0 Å². The van der Waals surface area contributed by atoms with E-state index in [-0.39, 0.29) is 9.88 Å². The highest BCUT2D eigenvalue weighted by atomic mass is 32.2. The molecule has 1 aromatic heterocycles. The van der Waals surface area contributed by atoms with Gasteiger partial charge in [-0.05, 0) is 25.0 Å². The summed E-state index contributed by atoms with van der Waals surface area (Å²) in [6, 6.07) is 2.92. The molecule has 118 valence electrons. The van der Waals surface area contributed by atoms with Crippen molar-refractivity contribution in [1.82, 2.24) is 9.71 Å². The molecule has 1 rings (SSSR count). The van der Waals surface area contributed by atoms with Crippen molar-refractivity contribution >= 4 is 27.2 Å². The van der Waals surface area contributed by atoms with Crippen molar-refractivity contribution in [3.8, 4) is 0 Å². The van der Waals surface area contributed by atoms with Crippen LogP contribution in [0.25, 0.3) is 0 Å². The summed E-state index contributed by atoms with van der Waals surface area (Å²) in [5.74, 6) is 0. The molecule has 0 atom stereocenters. The van der Waals surface area contributed by atoms with E-state index in [0.29, 0.717) is 31.9 Å². The Balaban J connectivity index is 2.41. The zero-order valence-corrected chi connectivity index (χ0v) is 13.7. The van der Waals surface area contributed by atoms with Crippen LogP contribution in [-0.2, 0) is 14.8 Å². The average molecular weight is 331 g/mol. The molecule has 0 unspecified atom stereocenters. The number of thiocarbonyl (C=S) groups is 1. The third-order valence-electron chi connectivity index (χ3n) is 2.70. The van der Waals surface area contributed by atoms with Gasteiger partial charge in [0.2, 0.25) is 10.0 Å².